The van der Waals surface area contributed by atoms with Crippen LogP contribution in [0.2, 0.25) is 0 Å². The molecule has 0 saturated heterocycles. The number of nitrogens with zero attached hydrogens (tertiary/aromatic N) is 3. The van der Waals surface area contributed by atoms with Crippen LogP contribution >= 0.6 is 0 Å². The number of carbonyl (C=O) groups excluding carboxylic acids is 2. The predicted octanol–water partition coefficient (Wildman–Crippen LogP) is 4.90. The summed E-state index contributed by atoms with van der Waals surface area (Å²) in [5.74, 6) is -1.35. The first-order chi connectivity index (χ1) is 15.1. The second-order valence-corrected chi connectivity index (χ2v) is 7.79. The van der Waals surface area contributed by atoms with Gasteiger partial charge >= 0.3 is 12.1 Å². The molecular formula is C23H18F3N3O3. The van der Waals surface area contributed by atoms with E-state index in [2.05, 4.69) is 14.7 Å². The molecule has 6 nitrogen and oxygen atoms in total. The van der Waals surface area contributed by atoms with Gasteiger partial charge in [0.25, 0.3) is 0 Å². The largest absolute Gasteiger partial charge is 0.465 e. The number of halogens is 3. The Morgan fingerprint density at radius 3 is 2.50 bits per heavy atom. The molecule has 2 aromatic heterocycles. The van der Waals surface area contributed by atoms with E-state index >= 15 is 0 Å². The van der Waals surface area contributed by atoms with Crippen molar-refractivity contribution in [2.75, 3.05) is 12.0 Å². The number of hydrogen-bond acceptors (Lipinski definition) is 5. The van der Waals surface area contributed by atoms with Crippen molar-refractivity contribution >= 4 is 23.3 Å². The highest BCUT2D eigenvalue weighted by atomic mass is 19.4. The van der Waals surface area contributed by atoms with Gasteiger partial charge in [0, 0.05) is 18.0 Å². The molecule has 3 heterocycles. The van der Waals surface area contributed by atoms with Gasteiger partial charge in [-0.05, 0) is 49.2 Å². The second-order valence-electron chi connectivity index (χ2n) is 7.79. The fraction of sp³-hybridized carbons (Fsp3) is 0.217. The van der Waals surface area contributed by atoms with Gasteiger partial charge in [-0.2, -0.15) is 13.2 Å². The summed E-state index contributed by atoms with van der Waals surface area (Å²) < 4.78 is 44.7. The average molecular weight is 441 g/mol. The Balaban J connectivity index is 1.94. The molecule has 0 saturated carbocycles. The van der Waals surface area contributed by atoms with Gasteiger partial charge in [-0.1, -0.05) is 12.1 Å². The third-order valence-corrected chi connectivity index (χ3v) is 5.42. The Kier molecular flexibility index (Phi) is 4.99. The fourth-order valence-electron chi connectivity index (χ4n) is 3.97. The van der Waals surface area contributed by atoms with Gasteiger partial charge in [-0.25, -0.2) is 4.79 Å². The number of benzene rings is 1. The van der Waals surface area contributed by atoms with Crippen LogP contribution < -0.4 is 4.90 Å². The van der Waals surface area contributed by atoms with Gasteiger partial charge in [0.05, 0.1) is 35.7 Å². The number of pyridine rings is 2. The Bertz CT molecular complexity index is 1220. The van der Waals surface area contributed by atoms with E-state index < -0.39 is 28.8 Å². The highest BCUT2D eigenvalue weighted by molar-refractivity contribution is 6.14. The number of carbonyl (C=O) groups is 2. The van der Waals surface area contributed by atoms with Crippen molar-refractivity contribution in [2.24, 2.45) is 0 Å². The molecule has 164 valence electrons. The molecule has 1 amide bonds. The summed E-state index contributed by atoms with van der Waals surface area (Å²) in [6, 6.07) is 9.70. The molecule has 0 atom stereocenters. The van der Waals surface area contributed by atoms with E-state index in [9.17, 15) is 22.8 Å². The molecule has 3 aromatic rings. The number of alkyl halides is 3. The summed E-state index contributed by atoms with van der Waals surface area (Å²) in [5.41, 5.74) is -0.466. The third kappa shape index (κ3) is 3.30. The molecule has 0 unspecified atom stereocenters. The Labute approximate surface area is 181 Å². The van der Waals surface area contributed by atoms with Gasteiger partial charge in [-0.3, -0.25) is 19.7 Å². The lowest BCUT2D eigenvalue weighted by molar-refractivity contribution is -0.141. The molecule has 0 radical (unpaired) electrons. The number of hydrogen-bond donors (Lipinski definition) is 0. The second kappa shape index (κ2) is 7.44. The van der Waals surface area contributed by atoms with Crippen molar-refractivity contribution in [3.05, 3.63) is 71.8 Å². The van der Waals surface area contributed by atoms with Crippen LogP contribution in [0.3, 0.4) is 0 Å². The molecule has 32 heavy (non-hydrogen) atoms. The van der Waals surface area contributed by atoms with E-state index in [1.54, 1.807) is 56.6 Å². The lowest BCUT2D eigenvalue weighted by Crippen LogP contribution is -2.33. The first-order valence-corrected chi connectivity index (χ1v) is 9.61. The van der Waals surface area contributed by atoms with Gasteiger partial charge < -0.3 is 4.74 Å². The summed E-state index contributed by atoms with van der Waals surface area (Å²) in [4.78, 5) is 34.6. The maximum atomic E-state index is 13.4. The standard InChI is InChI=1S/C23H18F3N3O3/c1-22(2)18-15(13-10-16(20(30)32-3)19(28-11-13)23(24,25)26)7-4-8-17(18)29(21(22)31)14-6-5-9-27-12-14/h4-12H,1-3H3. The van der Waals surface area contributed by atoms with Crippen molar-refractivity contribution in [1.82, 2.24) is 9.97 Å². The molecular weight excluding hydrogens is 423 g/mol. The molecule has 1 aromatic carbocycles. The monoisotopic (exact) mass is 441 g/mol. The normalized spacial score (nSPS) is 14.9. The van der Waals surface area contributed by atoms with Gasteiger partial charge in [0.1, 0.15) is 0 Å². The minimum Gasteiger partial charge on any atom is -0.465 e. The number of anilines is 2. The van der Waals surface area contributed by atoms with Gasteiger partial charge in [-0.15, -0.1) is 0 Å². The van der Waals surface area contributed by atoms with Crippen LogP contribution in [0.5, 0.6) is 0 Å². The van der Waals surface area contributed by atoms with Crippen LogP contribution in [0.15, 0.2) is 55.0 Å². The number of rotatable bonds is 3. The van der Waals surface area contributed by atoms with Gasteiger partial charge in [0.15, 0.2) is 5.69 Å². The summed E-state index contributed by atoms with van der Waals surface area (Å²) in [6.07, 6.45) is -0.620. The Hall–Kier alpha value is -3.75. The van der Waals surface area contributed by atoms with Crippen LogP contribution in [-0.4, -0.2) is 29.0 Å². The van der Waals surface area contributed by atoms with Crippen LogP contribution in [-0.2, 0) is 21.1 Å². The zero-order valence-corrected chi connectivity index (χ0v) is 17.4. The van der Waals surface area contributed by atoms with Gasteiger partial charge in [0.2, 0.25) is 5.91 Å². The smallest absolute Gasteiger partial charge is 0.434 e. The first kappa shape index (κ1) is 21.5. The van der Waals surface area contributed by atoms with Crippen molar-refractivity contribution in [1.29, 1.82) is 0 Å². The minimum atomic E-state index is -4.83. The zero-order valence-electron chi connectivity index (χ0n) is 17.4. The van der Waals surface area contributed by atoms with Crippen LogP contribution in [0.25, 0.3) is 11.1 Å². The Morgan fingerprint density at radius 2 is 1.88 bits per heavy atom. The molecule has 1 aliphatic rings. The lowest BCUT2D eigenvalue weighted by atomic mass is 9.81. The fourth-order valence-corrected chi connectivity index (χ4v) is 3.97. The maximum Gasteiger partial charge on any atom is 0.434 e. The molecule has 0 aliphatic carbocycles. The molecule has 0 N–H and O–H groups in total. The van der Waals surface area contributed by atoms with Crippen molar-refractivity contribution in [3.8, 4) is 11.1 Å². The third-order valence-electron chi connectivity index (χ3n) is 5.42. The topological polar surface area (TPSA) is 72.4 Å². The van der Waals surface area contributed by atoms with Crippen molar-refractivity contribution in [2.45, 2.75) is 25.4 Å². The van der Waals surface area contributed by atoms with Crippen LogP contribution in [0, 0.1) is 0 Å². The molecule has 9 heteroatoms. The molecule has 0 bridgehead atoms. The number of esters is 1. The summed E-state index contributed by atoms with van der Waals surface area (Å²) >= 11 is 0. The van der Waals surface area contributed by atoms with Crippen LogP contribution in [0.1, 0.15) is 35.5 Å². The summed E-state index contributed by atoms with van der Waals surface area (Å²) in [6.45, 7) is 3.49. The highest BCUT2D eigenvalue weighted by Gasteiger charge is 2.46. The summed E-state index contributed by atoms with van der Waals surface area (Å²) in [5, 5.41) is 0. The summed E-state index contributed by atoms with van der Waals surface area (Å²) in [7, 11) is 1.00. The SMILES string of the molecule is COC(=O)c1cc(-c2cccc3c2C(C)(C)C(=O)N3c2cccnc2)cnc1C(F)(F)F. The maximum absolute atomic E-state index is 13.4. The van der Waals surface area contributed by atoms with E-state index in [0.717, 1.165) is 19.4 Å². The predicted molar refractivity (Wildman–Crippen MR) is 110 cm³/mol. The lowest BCUT2D eigenvalue weighted by Gasteiger charge is -2.20. The first-order valence-electron chi connectivity index (χ1n) is 9.61. The minimum absolute atomic E-state index is 0.207. The average Bonchev–Trinajstić information content (AvgIpc) is 2.98. The number of fused-ring (bicyclic) bond motifs is 1. The quantitative estimate of drug-likeness (QED) is 0.541. The van der Waals surface area contributed by atoms with Crippen molar-refractivity contribution < 1.29 is 27.5 Å². The molecule has 1 aliphatic heterocycles. The zero-order chi connectivity index (χ0) is 23.3. The molecule has 0 fully saturated rings. The number of amides is 1. The number of aromatic nitrogens is 2. The van der Waals surface area contributed by atoms with Crippen molar-refractivity contribution in [3.63, 3.8) is 0 Å². The van der Waals surface area contributed by atoms with Crippen LogP contribution in [0.4, 0.5) is 24.5 Å². The molecule has 4 rings (SSSR count). The molecule has 0 spiro atoms. The van der Waals surface area contributed by atoms with E-state index in [1.165, 1.54) is 4.90 Å². The van der Waals surface area contributed by atoms with E-state index in [-0.39, 0.29) is 11.5 Å². The van der Waals surface area contributed by atoms with E-state index in [4.69, 9.17) is 0 Å². The number of methoxy groups -OCH3 is 1. The van der Waals surface area contributed by atoms with E-state index in [1.807, 2.05) is 0 Å². The van der Waals surface area contributed by atoms with E-state index in [0.29, 0.717) is 22.5 Å². The Morgan fingerprint density at radius 1 is 1.12 bits per heavy atom. The highest BCUT2D eigenvalue weighted by Crippen LogP contribution is 2.49. The number of ether oxygens (including phenoxy) is 1.